The van der Waals surface area contributed by atoms with Gasteiger partial charge >= 0.3 is 0 Å². The van der Waals surface area contributed by atoms with Gasteiger partial charge in [0.25, 0.3) is 0 Å². The molecule has 2 aromatic carbocycles. The molecule has 1 amide bonds. The van der Waals surface area contributed by atoms with Crippen molar-refractivity contribution in [3.63, 3.8) is 0 Å². The van der Waals surface area contributed by atoms with E-state index in [0.29, 0.717) is 18.7 Å². The average Bonchev–Trinajstić information content (AvgIpc) is 3.10. The van der Waals surface area contributed by atoms with Gasteiger partial charge in [0.2, 0.25) is 5.91 Å². The summed E-state index contributed by atoms with van der Waals surface area (Å²) in [7, 11) is 4.33. The highest BCUT2D eigenvalue weighted by Gasteiger charge is 2.56. The maximum Gasteiger partial charge on any atom is 0.248 e. The molecule has 7 nitrogen and oxygen atoms in total. The molecule has 1 atom stereocenters. The molecule has 0 bridgehead atoms. The van der Waals surface area contributed by atoms with Crippen molar-refractivity contribution in [1.29, 1.82) is 0 Å². The molecular formula is C28H38N4O3. The SMILES string of the molecule is CN(C)C1(c2ccccc2)CCC2(CC1)CN(c1ccc(C(N)=O)cc1)C(O)N2CC1(O)CCC1. The fourth-order valence-corrected chi connectivity index (χ4v) is 6.57. The fraction of sp³-hybridized carbons (Fsp3) is 0.536. The van der Waals surface area contributed by atoms with Gasteiger partial charge in [-0.2, -0.15) is 0 Å². The van der Waals surface area contributed by atoms with Crippen LogP contribution in [-0.2, 0) is 5.54 Å². The second-order valence-corrected chi connectivity index (χ2v) is 11.1. The highest BCUT2D eigenvalue weighted by Crippen LogP contribution is 2.51. The number of carbonyl (C=O) groups is 1. The second-order valence-electron chi connectivity index (χ2n) is 11.1. The largest absolute Gasteiger partial charge is 0.389 e. The highest BCUT2D eigenvalue weighted by atomic mass is 16.3. The van der Waals surface area contributed by atoms with Gasteiger partial charge in [-0.25, -0.2) is 0 Å². The Morgan fingerprint density at radius 3 is 2.14 bits per heavy atom. The number of aliphatic hydroxyl groups is 2. The van der Waals surface area contributed by atoms with Crippen molar-refractivity contribution in [2.24, 2.45) is 5.73 Å². The van der Waals surface area contributed by atoms with E-state index in [-0.39, 0.29) is 11.1 Å². The first-order chi connectivity index (χ1) is 16.7. The monoisotopic (exact) mass is 478 g/mol. The molecule has 2 saturated carbocycles. The molecule has 4 N–H and O–H groups in total. The van der Waals surface area contributed by atoms with Gasteiger partial charge in [-0.15, -0.1) is 0 Å². The molecule has 1 heterocycles. The normalized spacial score (nSPS) is 30.5. The minimum absolute atomic E-state index is 0.0486. The number of amides is 1. The molecule has 188 valence electrons. The molecule has 35 heavy (non-hydrogen) atoms. The average molecular weight is 479 g/mol. The molecule has 1 saturated heterocycles. The van der Waals surface area contributed by atoms with E-state index in [4.69, 9.17) is 5.73 Å². The van der Waals surface area contributed by atoms with Gasteiger partial charge in [0, 0.05) is 35.4 Å². The van der Waals surface area contributed by atoms with Gasteiger partial charge in [0.1, 0.15) is 0 Å². The van der Waals surface area contributed by atoms with Crippen molar-refractivity contribution in [2.45, 2.75) is 68.0 Å². The first-order valence-corrected chi connectivity index (χ1v) is 12.7. The zero-order valence-electron chi connectivity index (χ0n) is 20.9. The molecule has 2 aromatic rings. The molecule has 0 aromatic heterocycles. The van der Waals surface area contributed by atoms with Crippen molar-refractivity contribution < 1.29 is 15.0 Å². The van der Waals surface area contributed by atoms with E-state index in [1.54, 1.807) is 12.1 Å². The Kier molecular flexibility index (Phi) is 6.16. The second kappa shape index (κ2) is 8.89. The zero-order chi connectivity index (χ0) is 24.8. The lowest BCUT2D eigenvalue weighted by Crippen LogP contribution is -2.60. The number of anilines is 1. The summed E-state index contributed by atoms with van der Waals surface area (Å²) in [6, 6.07) is 17.9. The maximum absolute atomic E-state index is 11.6. The van der Waals surface area contributed by atoms with Gasteiger partial charge in [-0.3, -0.25) is 14.6 Å². The Balaban J connectivity index is 1.45. The van der Waals surface area contributed by atoms with E-state index in [0.717, 1.165) is 50.6 Å². The Bertz CT molecular complexity index is 1040. The van der Waals surface area contributed by atoms with Crippen molar-refractivity contribution in [2.75, 3.05) is 32.1 Å². The summed E-state index contributed by atoms with van der Waals surface area (Å²) in [6.45, 7) is 1.16. The van der Waals surface area contributed by atoms with Crippen molar-refractivity contribution >= 4 is 11.6 Å². The quantitative estimate of drug-likeness (QED) is 0.591. The van der Waals surface area contributed by atoms with Gasteiger partial charge in [0.05, 0.1) is 5.60 Å². The third kappa shape index (κ3) is 4.14. The van der Waals surface area contributed by atoms with Gasteiger partial charge < -0.3 is 20.8 Å². The maximum atomic E-state index is 11.6. The lowest BCUT2D eigenvalue weighted by Gasteiger charge is -2.53. The minimum atomic E-state index is -0.831. The molecule has 3 fully saturated rings. The lowest BCUT2D eigenvalue weighted by atomic mass is 9.67. The topological polar surface area (TPSA) is 93.3 Å². The summed E-state index contributed by atoms with van der Waals surface area (Å²) in [4.78, 5) is 18.1. The number of nitrogens with zero attached hydrogens (tertiary/aromatic N) is 3. The number of hydrogen-bond donors (Lipinski definition) is 3. The van der Waals surface area contributed by atoms with Crippen LogP contribution in [0.4, 0.5) is 5.69 Å². The molecule has 0 radical (unpaired) electrons. The summed E-state index contributed by atoms with van der Waals surface area (Å²) in [6.07, 6.45) is 5.55. The zero-order valence-corrected chi connectivity index (χ0v) is 20.9. The summed E-state index contributed by atoms with van der Waals surface area (Å²) in [5.41, 5.74) is 7.06. The van der Waals surface area contributed by atoms with Gasteiger partial charge in [-0.1, -0.05) is 30.3 Å². The Morgan fingerprint density at radius 1 is 1.00 bits per heavy atom. The van der Waals surface area contributed by atoms with Crippen LogP contribution in [0.1, 0.15) is 60.9 Å². The van der Waals surface area contributed by atoms with Crippen molar-refractivity contribution in [3.05, 3.63) is 65.7 Å². The molecule has 2 aliphatic carbocycles. The van der Waals surface area contributed by atoms with Gasteiger partial charge in [-0.05, 0) is 88.9 Å². The summed E-state index contributed by atoms with van der Waals surface area (Å²) >= 11 is 0. The van der Waals surface area contributed by atoms with Crippen LogP contribution in [0.5, 0.6) is 0 Å². The van der Waals surface area contributed by atoms with Crippen molar-refractivity contribution in [1.82, 2.24) is 9.80 Å². The number of benzene rings is 2. The first-order valence-electron chi connectivity index (χ1n) is 12.7. The number of rotatable bonds is 6. The molecule has 5 rings (SSSR count). The van der Waals surface area contributed by atoms with Crippen LogP contribution in [0.25, 0.3) is 0 Å². The number of nitrogens with two attached hydrogens (primary N) is 1. The Labute approximate surface area is 208 Å². The van der Waals surface area contributed by atoms with E-state index >= 15 is 0 Å². The number of hydrogen-bond acceptors (Lipinski definition) is 6. The van der Waals surface area contributed by atoms with Crippen molar-refractivity contribution in [3.8, 4) is 0 Å². The fourth-order valence-electron chi connectivity index (χ4n) is 6.57. The number of carbonyl (C=O) groups excluding carboxylic acids is 1. The molecular weight excluding hydrogens is 440 g/mol. The first kappa shape index (κ1) is 24.3. The van der Waals surface area contributed by atoms with E-state index in [9.17, 15) is 15.0 Å². The Morgan fingerprint density at radius 2 is 1.63 bits per heavy atom. The molecule has 1 unspecified atom stereocenters. The van der Waals surface area contributed by atoms with Crippen LogP contribution >= 0.6 is 0 Å². The predicted molar refractivity (Wildman–Crippen MR) is 137 cm³/mol. The summed E-state index contributed by atoms with van der Waals surface area (Å²) < 4.78 is 0. The van der Waals surface area contributed by atoms with Crippen LogP contribution in [0.15, 0.2) is 54.6 Å². The minimum Gasteiger partial charge on any atom is -0.389 e. The molecule has 1 spiro atoms. The standard InChI is InChI=1S/C28H38N4O3/c1-30(2)28(22-7-4-3-5-8-22)17-15-26(16-18-28)19-31(23-11-9-21(10-12-23)24(29)33)25(34)32(26)20-27(35)13-6-14-27/h3-5,7-12,25,34-35H,6,13-20H2,1-2H3,(H2,29,33). The van der Waals surface area contributed by atoms with E-state index in [2.05, 4.69) is 54.2 Å². The van der Waals surface area contributed by atoms with Crippen LogP contribution in [0.3, 0.4) is 0 Å². The molecule has 1 aliphatic heterocycles. The van der Waals surface area contributed by atoms with Crippen LogP contribution in [0.2, 0.25) is 0 Å². The number of aliphatic hydroxyl groups excluding tert-OH is 1. The molecule has 3 aliphatic rings. The molecule has 7 heteroatoms. The van der Waals surface area contributed by atoms with E-state index in [1.807, 2.05) is 17.0 Å². The number of β-amino-alcohol motifs (C(OH)–C–C–N with tert-alkyl or cyclic N) is 1. The lowest BCUT2D eigenvalue weighted by molar-refractivity contribution is -0.124. The highest BCUT2D eigenvalue weighted by molar-refractivity contribution is 5.93. The summed E-state index contributed by atoms with van der Waals surface area (Å²) in [5.74, 6) is -0.461. The summed E-state index contributed by atoms with van der Waals surface area (Å²) in [5, 5.41) is 22.7. The van der Waals surface area contributed by atoms with Crippen LogP contribution in [0, 0.1) is 0 Å². The number of primary amides is 1. The third-order valence-corrected chi connectivity index (χ3v) is 9.04. The van der Waals surface area contributed by atoms with Crippen LogP contribution in [-0.4, -0.2) is 70.6 Å². The van der Waals surface area contributed by atoms with Crippen LogP contribution < -0.4 is 10.6 Å². The Hall–Kier alpha value is -2.45. The third-order valence-electron chi connectivity index (χ3n) is 9.04. The predicted octanol–water partition coefficient (Wildman–Crippen LogP) is 2.87. The van der Waals surface area contributed by atoms with E-state index in [1.165, 1.54) is 5.56 Å². The van der Waals surface area contributed by atoms with E-state index < -0.39 is 17.9 Å². The smallest absolute Gasteiger partial charge is 0.248 e. The van der Waals surface area contributed by atoms with Gasteiger partial charge in [0.15, 0.2) is 6.35 Å².